The van der Waals surface area contributed by atoms with Crippen molar-refractivity contribution in [3.05, 3.63) is 25.3 Å². The molecule has 0 fully saturated rings. The van der Waals surface area contributed by atoms with Crippen LogP contribution in [0.3, 0.4) is 0 Å². The molecular formula is C11H22BCl2LiN2O2. The maximum atomic E-state index is 8.76. The Balaban J connectivity index is -0.000000144. The van der Waals surface area contributed by atoms with Gasteiger partial charge >= 0.3 is 26.0 Å². The van der Waals surface area contributed by atoms with Gasteiger partial charge in [-0.15, -0.1) is 24.8 Å². The fourth-order valence-electron chi connectivity index (χ4n) is 0.815. The molecule has 1 heterocycles. The van der Waals surface area contributed by atoms with Gasteiger partial charge in [0.25, 0.3) is 0 Å². The van der Waals surface area contributed by atoms with Gasteiger partial charge < -0.3 is 21.9 Å². The van der Waals surface area contributed by atoms with E-state index in [1.165, 1.54) is 12.6 Å². The Kier molecular flexibility index (Phi) is 23.4. The molecule has 1 aromatic heterocycles. The minimum absolute atomic E-state index is 0. The van der Waals surface area contributed by atoms with E-state index in [1.807, 2.05) is 19.0 Å². The van der Waals surface area contributed by atoms with Crippen LogP contribution in [0.15, 0.2) is 18.3 Å². The van der Waals surface area contributed by atoms with Gasteiger partial charge in [-0.25, -0.2) is 4.98 Å². The zero-order valence-electron chi connectivity index (χ0n) is 12.0. The molecule has 0 amide bonds. The first-order valence-electron chi connectivity index (χ1n) is 5.31. The van der Waals surface area contributed by atoms with Gasteiger partial charge in [-0.05, 0) is 6.07 Å². The monoisotopic (exact) mass is 302 g/mol. The average molecular weight is 303 g/mol. The van der Waals surface area contributed by atoms with E-state index in [2.05, 4.69) is 18.8 Å². The molecule has 0 bridgehead atoms. The number of unbranched alkanes of at least 4 members (excludes halogenated alkanes) is 1. The molecule has 8 heteroatoms. The van der Waals surface area contributed by atoms with Crippen molar-refractivity contribution in [2.75, 3.05) is 19.0 Å². The van der Waals surface area contributed by atoms with Crippen molar-refractivity contribution in [3.8, 4) is 0 Å². The summed E-state index contributed by atoms with van der Waals surface area (Å²) < 4.78 is 0. The maximum Gasteiger partial charge on any atom is 1.00 e. The Hall–Kier alpha value is 0.112. The molecule has 0 aromatic carbocycles. The first kappa shape index (κ1) is 27.5. The molecule has 1 aromatic rings. The van der Waals surface area contributed by atoms with Crippen LogP contribution in [0.1, 0.15) is 19.8 Å². The van der Waals surface area contributed by atoms with E-state index >= 15 is 0 Å². The van der Waals surface area contributed by atoms with Gasteiger partial charge in [-0.1, -0.05) is 19.4 Å². The van der Waals surface area contributed by atoms with Crippen LogP contribution in [0.4, 0.5) is 5.82 Å². The van der Waals surface area contributed by atoms with E-state index in [-0.39, 0.29) is 43.7 Å². The smallest absolute Gasteiger partial charge is 0.423 e. The van der Waals surface area contributed by atoms with Crippen molar-refractivity contribution < 1.29 is 28.9 Å². The van der Waals surface area contributed by atoms with E-state index in [0.29, 0.717) is 5.46 Å². The number of hydrogen-bond donors (Lipinski definition) is 2. The zero-order valence-corrected chi connectivity index (χ0v) is 13.7. The first-order valence-corrected chi connectivity index (χ1v) is 5.31. The van der Waals surface area contributed by atoms with E-state index in [9.17, 15) is 0 Å². The van der Waals surface area contributed by atoms with Gasteiger partial charge in [0.15, 0.2) is 0 Å². The second kappa shape index (κ2) is 16.2. The minimum atomic E-state index is -1.44. The molecule has 0 saturated heterocycles. The standard InChI is InChI=1S/C7H11BN2O2.C4H9.2ClH.Li/c1-10(2)7-4-3-6(5-9-7)8(11)12;1-3-4-2;;;/h3-5,11-12H,1-2H3;1,3-4H2,2H3;2*1H;/q;-1;;;+1. The molecule has 0 spiro atoms. The second-order valence-electron chi connectivity index (χ2n) is 3.57. The number of rotatable bonds is 3. The van der Waals surface area contributed by atoms with Crippen LogP contribution in [0, 0.1) is 6.92 Å². The average Bonchev–Trinajstić information content (AvgIpc) is 2.29. The quantitative estimate of drug-likeness (QED) is 0.516. The van der Waals surface area contributed by atoms with Gasteiger partial charge in [0, 0.05) is 25.8 Å². The largest absolute Gasteiger partial charge is 1.00 e. The first-order chi connectivity index (χ1) is 7.52. The molecule has 0 radical (unpaired) electrons. The number of halogens is 2. The minimum Gasteiger partial charge on any atom is -0.423 e. The van der Waals surface area contributed by atoms with Crippen LogP contribution < -0.4 is 29.2 Å². The molecule has 0 aliphatic carbocycles. The Bertz CT molecular complexity index is 262. The Labute approximate surface area is 141 Å². The van der Waals surface area contributed by atoms with Crippen molar-refractivity contribution in [3.63, 3.8) is 0 Å². The Morgan fingerprint density at radius 1 is 1.26 bits per heavy atom. The molecule has 0 aliphatic heterocycles. The van der Waals surface area contributed by atoms with Crippen LogP contribution in [0.2, 0.25) is 0 Å². The van der Waals surface area contributed by atoms with Crippen LogP contribution in [-0.2, 0) is 0 Å². The summed E-state index contributed by atoms with van der Waals surface area (Å²) in [5.41, 5.74) is 0.403. The molecular weight excluding hydrogens is 281 g/mol. The molecule has 4 nitrogen and oxygen atoms in total. The van der Waals surface area contributed by atoms with Crippen LogP contribution >= 0.6 is 24.8 Å². The third kappa shape index (κ3) is 12.9. The van der Waals surface area contributed by atoms with Gasteiger partial charge in [-0.3, -0.25) is 0 Å². The molecule has 0 saturated carbocycles. The van der Waals surface area contributed by atoms with Gasteiger partial charge in [0.2, 0.25) is 0 Å². The third-order valence-corrected chi connectivity index (χ3v) is 1.88. The number of pyridine rings is 1. The molecule has 0 atom stereocenters. The molecule has 19 heavy (non-hydrogen) atoms. The number of nitrogens with zero attached hydrogens (tertiary/aromatic N) is 2. The van der Waals surface area contributed by atoms with E-state index < -0.39 is 7.12 Å². The number of anilines is 1. The maximum absolute atomic E-state index is 8.76. The third-order valence-electron chi connectivity index (χ3n) is 1.88. The Morgan fingerprint density at radius 3 is 1.95 bits per heavy atom. The van der Waals surface area contributed by atoms with Crippen LogP contribution in [0.25, 0.3) is 0 Å². The number of aromatic nitrogens is 1. The van der Waals surface area contributed by atoms with Gasteiger partial charge in [0.05, 0.1) is 0 Å². The summed E-state index contributed by atoms with van der Waals surface area (Å²) in [6, 6.07) is 3.36. The molecule has 0 aliphatic rings. The van der Waals surface area contributed by atoms with Crippen molar-refractivity contribution in [1.29, 1.82) is 0 Å². The summed E-state index contributed by atoms with van der Waals surface area (Å²) in [5, 5.41) is 17.5. The van der Waals surface area contributed by atoms with E-state index in [4.69, 9.17) is 10.0 Å². The van der Waals surface area contributed by atoms with Crippen molar-refractivity contribution in [2.45, 2.75) is 19.8 Å². The van der Waals surface area contributed by atoms with Crippen LogP contribution in [0.5, 0.6) is 0 Å². The zero-order chi connectivity index (χ0) is 12.6. The summed E-state index contributed by atoms with van der Waals surface area (Å²) in [5.74, 6) is 0.791. The van der Waals surface area contributed by atoms with Crippen molar-refractivity contribution in [1.82, 2.24) is 4.98 Å². The van der Waals surface area contributed by atoms with Crippen molar-refractivity contribution in [2.24, 2.45) is 0 Å². The summed E-state index contributed by atoms with van der Waals surface area (Å²) in [6.45, 7) is 5.72. The molecule has 0 unspecified atom stereocenters. The molecule has 1 rings (SSSR count). The van der Waals surface area contributed by atoms with Gasteiger partial charge in [0.1, 0.15) is 5.82 Å². The molecule has 106 valence electrons. The predicted octanol–water partition coefficient (Wildman–Crippen LogP) is -1.70. The predicted molar refractivity (Wildman–Crippen MR) is 83.2 cm³/mol. The van der Waals surface area contributed by atoms with Crippen LogP contribution in [-0.4, -0.2) is 36.2 Å². The Morgan fingerprint density at radius 2 is 1.74 bits per heavy atom. The summed E-state index contributed by atoms with van der Waals surface area (Å²) in [4.78, 5) is 5.85. The number of hydrogen-bond acceptors (Lipinski definition) is 4. The van der Waals surface area contributed by atoms with Crippen molar-refractivity contribution >= 4 is 43.2 Å². The topological polar surface area (TPSA) is 56.6 Å². The summed E-state index contributed by atoms with van der Waals surface area (Å²) in [7, 11) is 2.31. The summed E-state index contributed by atoms with van der Waals surface area (Å²) >= 11 is 0. The fraction of sp³-hybridized carbons (Fsp3) is 0.455. The SMILES string of the molecule is CN(C)c1ccc(B(O)O)cn1.Cl.Cl.[CH2-]CCC.[Li+]. The van der Waals surface area contributed by atoms with Gasteiger partial charge in [-0.2, -0.15) is 6.42 Å². The van der Waals surface area contributed by atoms with E-state index in [0.717, 1.165) is 12.2 Å². The fourth-order valence-corrected chi connectivity index (χ4v) is 0.815. The second-order valence-corrected chi connectivity index (χ2v) is 3.57. The molecule has 2 N–H and O–H groups in total. The van der Waals surface area contributed by atoms with E-state index in [1.54, 1.807) is 12.1 Å². The normalized spacial score (nSPS) is 7.68. The summed E-state index contributed by atoms with van der Waals surface area (Å²) in [6.07, 6.45) is 3.72.